The highest BCUT2D eigenvalue weighted by Gasteiger charge is 2.34. The number of carbonyl (C=O) groups excluding carboxylic acids is 2. The summed E-state index contributed by atoms with van der Waals surface area (Å²) in [4.78, 5) is 30.5. The van der Waals surface area contributed by atoms with Gasteiger partial charge in [-0.15, -0.1) is 0 Å². The van der Waals surface area contributed by atoms with Gasteiger partial charge in [-0.25, -0.2) is 4.79 Å². The molecule has 1 aliphatic heterocycles. The third-order valence-corrected chi connectivity index (χ3v) is 3.60. The summed E-state index contributed by atoms with van der Waals surface area (Å²) in [6.45, 7) is 6.38. The van der Waals surface area contributed by atoms with E-state index in [4.69, 9.17) is 4.74 Å². The van der Waals surface area contributed by atoms with Gasteiger partial charge in [-0.05, 0) is 52.2 Å². The topological polar surface area (TPSA) is 71.5 Å². The molecule has 2 amide bonds. The number of pyridine rings is 1. The van der Waals surface area contributed by atoms with E-state index in [1.165, 1.54) is 0 Å². The lowest BCUT2D eigenvalue weighted by molar-refractivity contribution is -0.127. The Kier molecular flexibility index (Phi) is 5.58. The summed E-state index contributed by atoms with van der Waals surface area (Å²) in [5.41, 5.74) is 0.226. The van der Waals surface area contributed by atoms with E-state index in [0.29, 0.717) is 19.5 Å². The molecule has 1 aromatic heterocycles. The largest absolute Gasteiger partial charge is 0.444 e. The minimum Gasteiger partial charge on any atom is -0.444 e. The third-order valence-electron chi connectivity index (χ3n) is 3.60. The van der Waals surface area contributed by atoms with Crippen LogP contribution in [0.15, 0.2) is 24.4 Å². The summed E-state index contributed by atoms with van der Waals surface area (Å²) in [6.07, 6.45) is 3.75. The second kappa shape index (κ2) is 7.44. The Morgan fingerprint density at radius 1 is 1.35 bits per heavy atom. The first-order valence-corrected chi connectivity index (χ1v) is 8.04. The van der Waals surface area contributed by atoms with Crippen molar-refractivity contribution in [2.75, 3.05) is 6.54 Å². The molecule has 2 heterocycles. The van der Waals surface area contributed by atoms with Crippen LogP contribution in [0, 0.1) is 0 Å². The van der Waals surface area contributed by atoms with E-state index in [2.05, 4.69) is 10.3 Å². The highest BCUT2D eigenvalue weighted by Crippen LogP contribution is 2.20. The highest BCUT2D eigenvalue weighted by atomic mass is 16.6. The van der Waals surface area contributed by atoms with Crippen LogP contribution in [0.4, 0.5) is 4.79 Å². The van der Waals surface area contributed by atoms with E-state index in [-0.39, 0.29) is 5.91 Å². The fraction of sp³-hybridized carbons (Fsp3) is 0.588. The normalized spacial score (nSPS) is 18.4. The van der Waals surface area contributed by atoms with Gasteiger partial charge in [-0.2, -0.15) is 0 Å². The molecule has 1 saturated heterocycles. The van der Waals surface area contributed by atoms with Crippen LogP contribution in [-0.2, 0) is 16.1 Å². The number of piperidine rings is 1. The van der Waals surface area contributed by atoms with Gasteiger partial charge in [0.25, 0.3) is 0 Å². The van der Waals surface area contributed by atoms with E-state index in [0.717, 1.165) is 18.5 Å². The average molecular weight is 319 g/mol. The molecule has 1 aliphatic rings. The molecule has 126 valence electrons. The fourth-order valence-electron chi connectivity index (χ4n) is 2.54. The van der Waals surface area contributed by atoms with Gasteiger partial charge in [0.15, 0.2) is 0 Å². The summed E-state index contributed by atoms with van der Waals surface area (Å²) in [5, 5.41) is 2.87. The molecule has 6 heteroatoms. The molecule has 0 radical (unpaired) electrons. The predicted molar refractivity (Wildman–Crippen MR) is 86.7 cm³/mol. The molecule has 0 aromatic carbocycles. The monoisotopic (exact) mass is 319 g/mol. The molecule has 1 fully saturated rings. The number of hydrogen-bond acceptors (Lipinski definition) is 4. The fourth-order valence-corrected chi connectivity index (χ4v) is 2.54. The van der Waals surface area contributed by atoms with Crippen molar-refractivity contribution in [3.8, 4) is 0 Å². The van der Waals surface area contributed by atoms with Crippen molar-refractivity contribution >= 4 is 12.0 Å². The van der Waals surface area contributed by atoms with Gasteiger partial charge in [0.1, 0.15) is 11.6 Å². The van der Waals surface area contributed by atoms with E-state index >= 15 is 0 Å². The third kappa shape index (κ3) is 5.23. The zero-order chi connectivity index (χ0) is 16.9. The number of rotatable bonds is 3. The van der Waals surface area contributed by atoms with Crippen molar-refractivity contribution in [2.24, 2.45) is 0 Å². The molecular weight excluding hydrogens is 294 g/mol. The molecule has 0 saturated carbocycles. The molecule has 23 heavy (non-hydrogen) atoms. The summed E-state index contributed by atoms with van der Waals surface area (Å²) < 4.78 is 5.42. The number of nitrogens with zero attached hydrogens (tertiary/aromatic N) is 2. The Balaban J connectivity index is 1.97. The number of amides is 2. The smallest absolute Gasteiger partial charge is 0.410 e. The number of likely N-dealkylation sites (tertiary alicyclic amines) is 1. The molecule has 1 atom stereocenters. The van der Waals surface area contributed by atoms with Crippen LogP contribution in [0.3, 0.4) is 0 Å². The van der Waals surface area contributed by atoms with Crippen molar-refractivity contribution in [3.05, 3.63) is 30.1 Å². The molecule has 0 aliphatic carbocycles. The van der Waals surface area contributed by atoms with Crippen LogP contribution in [0.25, 0.3) is 0 Å². The maximum absolute atomic E-state index is 12.5. The Morgan fingerprint density at radius 3 is 2.78 bits per heavy atom. The Bertz CT molecular complexity index is 540. The Hall–Kier alpha value is -2.11. The van der Waals surface area contributed by atoms with Gasteiger partial charge in [0.05, 0.1) is 12.2 Å². The SMILES string of the molecule is CC(C)(C)OC(=O)N1CCCC[C@@H]1C(=O)NCc1ccccn1. The van der Waals surface area contributed by atoms with Crippen molar-refractivity contribution in [3.63, 3.8) is 0 Å². The summed E-state index contributed by atoms with van der Waals surface area (Å²) in [6, 6.07) is 5.09. The number of ether oxygens (including phenoxy) is 1. The van der Waals surface area contributed by atoms with Crippen LogP contribution in [0.1, 0.15) is 45.7 Å². The Labute approximate surface area is 137 Å². The average Bonchev–Trinajstić information content (AvgIpc) is 2.52. The molecular formula is C17H25N3O3. The van der Waals surface area contributed by atoms with E-state index < -0.39 is 17.7 Å². The number of hydrogen-bond donors (Lipinski definition) is 1. The number of aromatic nitrogens is 1. The molecule has 2 rings (SSSR count). The highest BCUT2D eigenvalue weighted by molar-refractivity contribution is 5.85. The first-order chi connectivity index (χ1) is 10.9. The lowest BCUT2D eigenvalue weighted by Gasteiger charge is -2.35. The predicted octanol–water partition coefficient (Wildman–Crippen LogP) is 2.49. The number of carbonyl (C=O) groups is 2. The van der Waals surface area contributed by atoms with E-state index in [1.807, 2.05) is 39.0 Å². The lowest BCUT2D eigenvalue weighted by Crippen LogP contribution is -2.53. The van der Waals surface area contributed by atoms with Crippen LogP contribution in [0.2, 0.25) is 0 Å². The maximum Gasteiger partial charge on any atom is 0.410 e. The second-order valence-corrected chi connectivity index (χ2v) is 6.72. The van der Waals surface area contributed by atoms with Crippen molar-refractivity contribution in [1.29, 1.82) is 0 Å². The van der Waals surface area contributed by atoms with E-state index in [9.17, 15) is 9.59 Å². The first kappa shape index (κ1) is 17.2. The quantitative estimate of drug-likeness (QED) is 0.929. The first-order valence-electron chi connectivity index (χ1n) is 8.04. The molecule has 1 N–H and O–H groups in total. The Morgan fingerprint density at radius 2 is 2.13 bits per heavy atom. The van der Waals surface area contributed by atoms with Crippen LogP contribution >= 0.6 is 0 Å². The molecule has 0 bridgehead atoms. The molecule has 0 spiro atoms. The van der Waals surface area contributed by atoms with Crippen molar-refractivity contribution in [2.45, 2.75) is 58.2 Å². The summed E-state index contributed by atoms with van der Waals surface area (Å²) >= 11 is 0. The van der Waals surface area contributed by atoms with Crippen molar-refractivity contribution in [1.82, 2.24) is 15.2 Å². The zero-order valence-corrected chi connectivity index (χ0v) is 14.0. The van der Waals surface area contributed by atoms with Crippen LogP contribution in [0.5, 0.6) is 0 Å². The van der Waals surface area contributed by atoms with Crippen LogP contribution < -0.4 is 5.32 Å². The minimum absolute atomic E-state index is 0.152. The van der Waals surface area contributed by atoms with Gasteiger partial charge >= 0.3 is 6.09 Å². The van der Waals surface area contributed by atoms with Crippen LogP contribution in [-0.4, -0.2) is 40.1 Å². The zero-order valence-electron chi connectivity index (χ0n) is 14.0. The van der Waals surface area contributed by atoms with Gasteiger partial charge in [-0.3, -0.25) is 14.7 Å². The second-order valence-electron chi connectivity index (χ2n) is 6.72. The van der Waals surface area contributed by atoms with E-state index in [1.54, 1.807) is 11.1 Å². The van der Waals surface area contributed by atoms with Gasteiger partial charge in [-0.1, -0.05) is 6.07 Å². The maximum atomic E-state index is 12.5. The standard InChI is InChI=1S/C17H25N3O3/c1-17(2,3)23-16(22)20-11-7-5-9-14(20)15(21)19-12-13-8-4-6-10-18-13/h4,6,8,10,14H,5,7,9,11-12H2,1-3H3,(H,19,21)/t14-/m1/s1. The summed E-state index contributed by atoms with van der Waals surface area (Å²) in [5.74, 6) is -0.152. The molecule has 6 nitrogen and oxygen atoms in total. The number of nitrogens with one attached hydrogen (secondary N) is 1. The summed E-state index contributed by atoms with van der Waals surface area (Å²) in [7, 11) is 0. The molecule has 0 unspecified atom stereocenters. The van der Waals surface area contributed by atoms with Gasteiger partial charge in [0.2, 0.25) is 5.91 Å². The van der Waals surface area contributed by atoms with Gasteiger partial charge < -0.3 is 10.1 Å². The minimum atomic E-state index is -0.566. The van der Waals surface area contributed by atoms with Crippen molar-refractivity contribution < 1.29 is 14.3 Å². The lowest BCUT2D eigenvalue weighted by atomic mass is 10.0. The van der Waals surface area contributed by atoms with Gasteiger partial charge in [0, 0.05) is 12.7 Å². The molecule has 1 aromatic rings.